The third-order valence-electron chi connectivity index (χ3n) is 5.77. The van der Waals surface area contributed by atoms with Gasteiger partial charge in [-0.1, -0.05) is 67.6 Å². The maximum absolute atomic E-state index is 11.6. The number of esters is 1. The second kappa shape index (κ2) is 7.90. The number of carbonyl (C=O) groups is 1. The third-order valence-corrected chi connectivity index (χ3v) is 5.77. The standard InChI is InChI=1S/C24H28O2/c1-4-23(25)26-17-24(15-13-19(3)14-16-24)22-11-9-21(10-12-22)20-7-5-18(2)6-8-20/h4-12,19H,1,13-17H2,2-3H3. The molecule has 0 bridgehead atoms. The van der Waals surface area contributed by atoms with E-state index in [0.717, 1.165) is 18.8 Å². The Kier molecular flexibility index (Phi) is 5.61. The monoisotopic (exact) mass is 348 g/mol. The highest BCUT2D eigenvalue weighted by atomic mass is 16.5. The zero-order chi connectivity index (χ0) is 18.6. The van der Waals surface area contributed by atoms with E-state index in [9.17, 15) is 4.79 Å². The van der Waals surface area contributed by atoms with Crippen molar-refractivity contribution in [2.75, 3.05) is 6.61 Å². The first-order valence-corrected chi connectivity index (χ1v) is 9.49. The van der Waals surface area contributed by atoms with Crippen LogP contribution >= 0.6 is 0 Å². The second-order valence-electron chi connectivity index (χ2n) is 7.72. The maximum atomic E-state index is 11.6. The second-order valence-corrected chi connectivity index (χ2v) is 7.72. The number of hydrogen-bond acceptors (Lipinski definition) is 2. The quantitative estimate of drug-likeness (QED) is 0.501. The van der Waals surface area contributed by atoms with Crippen molar-refractivity contribution in [2.45, 2.75) is 44.9 Å². The predicted molar refractivity (Wildman–Crippen MR) is 107 cm³/mol. The Morgan fingerprint density at radius 3 is 2.15 bits per heavy atom. The van der Waals surface area contributed by atoms with E-state index in [2.05, 4.69) is 69.0 Å². The lowest BCUT2D eigenvalue weighted by molar-refractivity contribution is -0.140. The fourth-order valence-electron chi connectivity index (χ4n) is 3.86. The molecule has 2 heteroatoms. The zero-order valence-electron chi connectivity index (χ0n) is 15.8. The van der Waals surface area contributed by atoms with Crippen LogP contribution in [0, 0.1) is 12.8 Å². The van der Waals surface area contributed by atoms with Gasteiger partial charge in [0.1, 0.15) is 6.61 Å². The van der Waals surface area contributed by atoms with Crippen LogP contribution in [0.1, 0.15) is 43.7 Å². The molecule has 1 saturated carbocycles. The van der Waals surface area contributed by atoms with Crippen molar-refractivity contribution >= 4 is 5.97 Å². The van der Waals surface area contributed by atoms with E-state index in [4.69, 9.17) is 4.74 Å². The van der Waals surface area contributed by atoms with Crippen molar-refractivity contribution in [1.82, 2.24) is 0 Å². The zero-order valence-corrected chi connectivity index (χ0v) is 15.8. The van der Waals surface area contributed by atoms with Gasteiger partial charge in [0.2, 0.25) is 0 Å². The van der Waals surface area contributed by atoms with E-state index >= 15 is 0 Å². The number of ether oxygens (including phenoxy) is 1. The fraction of sp³-hybridized carbons (Fsp3) is 0.375. The first-order valence-electron chi connectivity index (χ1n) is 9.49. The lowest BCUT2D eigenvalue weighted by Gasteiger charge is -2.39. The largest absolute Gasteiger partial charge is 0.462 e. The summed E-state index contributed by atoms with van der Waals surface area (Å²) in [5, 5.41) is 0. The van der Waals surface area contributed by atoms with Gasteiger partial charge in [-0.3, -0.25) is 0 Å². The average Bonchev–Trinajstić information content (AvgIpc) is 2.68. The Morgan fingerprint density at radius 2 is 1.62 bits per heavy atom. The molecule has 136 valence electrons. The van der Waals surface area contributed by atoms with Crippen LogP contribution in [-0.4, -0.2) is 12.6 Å². The topological polar surface area (TPSA) is 26.3 Å². The van der Waals surface area contributed by atoms with E-state index in [1.165, 1.54) is 41.2 Å². The minimum absolute atomic E-state index is 0.0724. The van der Waals surface area contributed by atoms with Crippen LogP contribution in [-0.2, 0) is 14.9 Å². The third kappa shape index (κ3) is 4.07. The summed E-state index contributed by atoms with van der Waals surface area (Å²) >= 11 is 0. The van der Waals surface area contributed by atoms with Crippen molar-refractivity contribution in [3.8, 4) is 11.1 Å². The van der Waals surface area contributed by atoms with Crippen molar-refractivity contribution in [3.05, 3.63) is 72.3 Å². The van der Waals surface area contributed by atoms with Crippen molar-refractivity contribution in [1.29, 1.82) is 0 Å². The van der Waals surface area contributed by atoms with Crippen LogP contribution in [0.4, 0.5) is 0 Å². The van der Waals surface area contributed by atoms with Crippen LogP contribution in [0.25, 0.3) is 11.1 Å². The highest BCUT2D eigenvalue weighted by molar-refractivity contribution is 5.81. The lowest BCUT2D eigenvalue weighted by Crippen LogP contribution is -2.36. The summed E-state index contributed by atoms with van der Waals surface area (Å²) in [6, 6.07) is 17.4. The molecule has 0 amide bonds. The van der Waals surface area contributed by atoms with Crippen LogP contribution in [0.5, 0.6) is 0 Å². The summed E-state index contributed by atoms with van der Waals surface area (Å²) in [5.41, 5.74) is 4.92. The Bertz CT molecular complexity index is 748. The summed E-state index contributed by atoms with van der Waals surface area (Å²) in [7, 11) is 0. The summed E-state index contributed by atoms with van der Waals surface area (Å²) in [6.45, 7) is 8.36. The number of benzene rings is 2. The molecule has 0 radical (unpaired) electrons. The van der Waals surface area contributed by atoms with E-state index in [-0.39, 0.29) is 11.4 Å². The highest BCUT2D eigenvalue weighted by Crippen LogP contribution is 2.42. The molecule has 0 aliphatic heterocycles. The lowest BCUT2D eigenvalue weighted by atomic mass is 9.67. The van der Waals surface area contributed by atoms with Gasteiger partial charge in [0.05, 0.1) is 0 Å². The molecule has 3 rings (SSSR count). The molecule has 0 N–H and O–H groups in total. The number of hydrogen-bond donors (Lipinski definition) is 0. The Labute approximate surface area is 156 Å². The fourth-order valence-corrected chi connectivity index (χ4v) is 3.86. The van der Waals surface area contributed by atoms with Gasteiger partial charge in [0.15, 0.2) is 0 Å². The molecule has 2 aromatic rings. The van der Waals surface area contributed by atoms with Crippen molar-refractivity contribution in [3.63, 3.8) is 0 Å². The summed E-state index contributed by atoms with van der Waals surface area (Å²) < 4.78 is 5.49. The molecule has 0 spiro atoms. The minimum Gasteiger partial charge on any atom is -0.462 e. The number of rotatable bonds is 5. The van der Waals surface area contributed by atoms with Crippen LogP contribution in [0.15, 0.2) is 61.2 Å². The molecule has 2 aromatic carbocycles. The van der Waals surface area contributed by atoms with E-state index < -0.39 is 0 Å². The van der Waals surface area contributed by atoms with Gasteiger partial charge in [-0.15, -0.1) is 0 Å². The highest BCUT2D eigenvalue weighted by Gasteiger charge is 2.37. The molecule has 1 aliphatic carbocycles. The molecular weight excluding hydrogens is 320 g/mol. The molecule has 26 heavy (non-hydrogen) atoms. The molecule has 1 fully saturated rings. The Balaban J connectivity index is 1.85. The molecule has 0 unspecified atom stereocenters. The van der Waals surface area contributed by atoms with Gasteiger partial charge >= 0.3 is 5.97 Å². The van der Waals surface area contributed by atoms with Gasteiger partial charge < -0.3 is 4.74 Å². The normalized spacial score (nSPS) is 22.6. The van der Waals surface area contributed by atoms with Gasteiger partial charge in [-0.25, -0.2) is 4.79 Å². The van der Waals surface area contributed by atoms with Gasteiger partial charge in [-0.2, -0.15) is 0 Å². The molecule has 2 nitrogen and oxygen atoms in total. The van der Waals surface area contributed by atoms with Gasteiger partial charge in [-0.05, 0) is 55.2 Å². The number of aryl methyl sites for hydroxylation is 1. The summed E-state index contributed by atoms with van der Waals surface area (Å²) in [4.78, 5) is 11.6. The van der Waals surface area contributed by atoms with Gasteiger partial charge in [0.25, 0.3) is 0 Å². The maximum Gasteiger partial charge on any atom is 0.330 e. The molecule has 0 heterocycles. The summed E-state index contributed by atoms with van der Waals surface area (Å²) in [5.74, 6) is 0.407. The molecule has 0 saturated heterocycles. The van der Waals surface area contributed by atoms with Crippen molar-refractivity contribution < 1.29 is 9.53 Å². The molecule has 1 aliphatic rings. The van der Waals surface area contributed by atoms with Gasteiger partial charge in [0, 0.05) is 11.5 Å². The Morgan fingerprint density at radius 1 is 1.08 bits per heavy atom. The van der Waals surface area contributed by atoms with Crippen molar-refractivity contribution in [2.24, 2.45) is 5.92 Å². The first kappa shape index (κ1) is 18.4. The Hall–Kier alpha value is -2.35. The van der Waals surface area contributed by atoms with E-state index in [1.807, 2.05) is 0 Å². The molecular formula is C24H28O2. The van der Waals surface area contributed by atoms with E-state index in [0.29, 0.717) is 6.61 Å². The summed E-state index contributed by atoms with van der Waals surface area (Å²) in [6.07, 6.45) is 5.71. The van der Waals surface area contributed by atoms with Crippen LogP contribution in [0.2, 0.25) is 0 Å². The SMILES string of the molecule is C=CC(=O)OCC1(c2ccc(-c3ccc(C)cc3)cc2)CCC(C)CC1. The van der Waals surface area contributed by atoms with E-state index in [1.54, 1.807) is 0 Å². The minimum atomic E-state index is -0.334. The van der Waals surface area contributed by atoms with Crippen LogP contribution < -0.4 is 0 Å². The number of carbonyl (C=O) groups excluding carboxylic acids is 1. The van der Waals surface area contributed by atoms with Crippen LogP contribution in [0.3, 0.4) is 0 Å². The molecule has 0 atom stereocenters. The first-order chi connectivity index (χ1) is 12.5. The average molecular weight is 348 g/mol. The smallest absolute Gasteiger partial charge is 0.330 e. The predicted octanol–water partition coefficient (Wildman–Crippen LogP) is 5.84. The molecule has 0 aromatic heterocycles.